The highest BCUT2D eigenvalue weighted by Crippen LogP contribution is 2.29. The van der Waals surface area contributed by atoms with E-state index < -0.39 is 0 Å². The second-order valence-electron chi connectivity index (χ2n) is 2.29. The van der Waals surface area contributed by atoms with Crippen molar-refractivity contribution in [2.75, 3.05) is 11.5 Å². The summed E-state index contributed by atoms with van der Waals surface area (Å²) in [4.78, 5) is 0. The van der Waals surface area contributed by atoms with Crippen molar-refractivity contribution in [3.05, 3.63) is 0 Å². The molecule has 2 atom stereocenters. The summed E-state index contributed by atoms with van der Waals surface area (Å²) in [6, 6.07) is 0. The molecular weight excluding hydrogens is 136 g/mol. The van der Waals surface area contributed by atoms with Crippen LogP contribution in [-0.2, 0) is 0 Å². The Balaban J connectivity index is 2.23. The fraction of sp³-hybridized carbons (Fsp3) is 1.00. The summed E-state index contributed by atoms with van der Waals surface area (Å²) in [5, 5.41) is 1.78. The molecule has 0 aromatic rings. The van der Waals surface area contributed by atoms with Crippen LogP contribution in [0.1, 0.15) is 13.8 Å². The Morgan fingerprint density at radius 3 is 1.88 bits per heavy atom. The first-order chi connectivity index (χ1) is 3.79. The molecule has 0 saturated carbocycles. The number of hydrogen-bond donors (Lipinski definition) is 0. The second-order valence-corrected chi connectivity index (χ2v) is 5.25. The van der Waals surface area contributed by atoms with Crippen molar-refractivity contribution in [1.82, 2.24) is 0 Å². The predicted octanol–water partition coefficient (Wildman–Crippen LogP) is 2.24. The molecule has 2 unspecified atom stereocenters. The average molecular weight is 148 g/mol. The summed E-state index contributed by atoms with van der Waals surface area (Å²) in [6.07, 6.45) is 0. The molecular formula is C6H12S2. The molecule has 0 bridgehead atoms. The van der Waals surface area contributed by atoms with Crippen LogP contribution >= 0.6 is 23.5 Å². The van der Waals surface area contributed by atoms with Crippen LogP contribution in [0.4, 0.5) is 0 Å². The molecule has 1 rings (SSSR count). The van der Waals surface area contributed by atoms with Gasteiger partial charge in [-0.1, -0.05) is 13.8 Å². The summed E-state index contributed by atoms with van der Waals surface area (Å²) >= 11 is 4.21. The van der Waals surface area contributed by atoms with E-state index in [2.05, 4.69) is 37.4 Å². The zero-order valence-corrected chi connectivity index (χ0v) is 7.02. The predicted molar refractivity (Wildman–Crippen MR) is 43.8 cm³/mol. The molecule has 1 saturated heterocycles. The van der Waals surface area contributed by atoms with E-state index in [9.17, 15) is 0 Å². The topological polar surface area (TPSA) is 0 Å². The van der Waals surface area contributed by atoms with Crippen molar-refractivity contribution in [3.8, 4) is 0 Å². The summed E-state index contributed by atoms with van der Waals surface area (Å²) in [6.45, 7) is 4.63. The van der Waals surface area contributed by atoms with Crippen LogP contribution in [0.3, 0.4) is 0 Å². The van der Waals surface area contributed by atoms with Crippen LogP contribution in [0.15, 0.2) is 0 Å². The zero-order valence-electron chi connectivity index (χ0n) is 5.39. The molecule has 2 heteroatoms. The molecule has 0 radical (unpaired) electrons. The summed E-state index contributed by atoms with van der Waals surface area (Å²) < 4.78 is 0. The van der Waals surface area contributed by atoms with Crippen molar-refractivity contribution in [2.24, 2.45) is 0 Å². The van der Waals surface area contributed by atoms with Gasteiger partial charge in [0.05, 0.1) is 0 Å². The maximum atomic E-state index is 2.31. The first kappa shape index (κ1) is 6.81. The van der Waals surface area contributed by atoms with Gasteiger partial charge in [-0.3, -0.25) is 0 Å². The fourth-order valence-electron chi connectivity index (χ4n) is 0.875. The van der Waals surface area contributed by atoms with Gasteiger partial charge in [0.25, 0.3) is 0 Å². The van der Waals surface area contributed by atoms with E-state index >= 15 is 0 Å². The largest absolute Gasteiger partial charge is 0.160 e. The van der Waals surface area contributed by atoms with Crippen LogP contribution < -0.4 is 0 Å². The molecule has 8 heavy (non-hydrogen) atoms. The van der Waals surface area contributed by atoms with E-state index in [0.717, 1.165) is 10.5 Å². The zero-order chi connectivity index (χ0) is 5.98. The lowest BCUT2D eigenvalue weighted by Crippen LogP contribution is -2.16. The van der Waals surface area contributed by atoms with E-state index in [4.69, 9.17) is 0 Å². The lowest BCUT2D eigenvalue weighted by molar-refractivity contribution is 1.04. The lowest BCUT2D eigenvalue weighted by Gasteiger charge is -2.22. The molecule has 0 amide bonds. The van der Waals surface area contributed by atoms with Crippen LogP contribution in [0.25, 0.3) is 0 Å². The van der Waals surface area contributed by atoms with Crippen LogP contribution in [0.2, 0.25) is 0 Å². The summed E-state index contributed by atoms with van der Waals surface area (Å²) in [5.74, 6) is 2.71. The highest BCUT2D eigenvalue weighted by atomic mass is 32.2. The maximum Gasteiger partial charge on any atom is 0.0112 e. The molecule has 0 nitrogen and oxygen atoms in total. The van der Waals surface area contributed by atoms with Crippen molar-refractivity contribution >= 4 is 23.5 Å². The highest BCUT2D eigenvalue weighted by Gasteiger charge is 2.14. The first-order valence-electron chi connectivity index (χ1n) is 3.02. The normalized spacial score (nSPS) is 39.8. The standard InChI is InChI=1S/C6H12S2/c1-5-3-7-4-6(2)8-5/h5-6H,3-4H2,1-2H3. The first-order valence-corrected chi connectivity index (χ1v) is 5.12. The second kappa shape index (κ2) is 3.02. The van der Waals surface area contributed by atoms with Gasteiger partial charge in [0, 0.05) is 22.0 Å². The highest BCUT2D eigenvalue weighted by molar-refractivity contribution is 8.07. The third-order valence-corrected chi connectivity index (χ3v) is 4.33. The Hall–Kier alpha value is 0.700. The van der Waals surface area contributed by atoms with Gasteiger partial charge in [0.2, 0.25) is 0 Å². The molecule has 48 valence electrons. The molecule has 1 fully saturated rings. The van der Waals surface area contributed by atoms with Crippen molar-refractivity contribution in [3.63, 3.8) is 0 Å². The molecule has 0 N–H and O–H groups in total. The van der Waals surface area contributed by atoms with Gasteiger partial charge in [0.15, 0.2) is 0 Å². The molecule has 0 aliphatic carbocycles. The average Bonchev–Trinajstić information content (AvgIpc) is 1.64. The Morgan fingerprint density at radius 2 is 1.62 bits per heavy atom. The molecule has 1 aliphatic rings. The van der Waals surface area contributed by atoms with Gasteiger partial charge in [-0.2, -0.15) is 23.5 Å². The molecule has 1 heterocycles. The lowest BCUT2D eigenvalue weighted by atomic mass is 10.5. The van der Waals surface area contributed by atoms with Crippen LogP contribution in [0, 0.1) is 0 Å². The molecule has 0 aromatic carbocycles. The number of rotatable bonds is 0. The van der Waals surface area contributed by atoms with Gasteiger partial charge in [-0.05, 0) is 0 Å². The van der Waals surface area contributed by atoms with Gasteiger partial charge in [0.1, 0.15) is 0 Å². The van der Waals surface area contributed by atoms with Crippen molar-refractivity contribution < 1.29 is 0 Å². The van der Waals surface area contributed by atoms with Gasteiger partial charge in [-0.15, -0.1) is 0 Å². The number of thioether (sulfide) groups is 2. The van der Waals surface area contributed by atoms with Gasteiger partial charge in [-0.25, -0.2) is 0 Å². The molecule has 0 spiro atoms. The number of hydrogen-bond acceptors (Lipinski definition) is 2. The van der Waals surface area contributed by atoms with E-state index in [1.807, 2.05) is 0 Å². The minimum Gasteiger partial charge on any atom is -0.160 e. The van der Waals surface area contributed by atoms with Crippen LogP contribution in [-0.4, -0.2) is 22.0 Å². The van der Waals surface area contributed by atoms with Crippen molar-refractivity contribution in [1.29, 1.82) is 0 Å². The third kappa shape index (κ3) is 1.90. The Bertz CT molecular complexity index is 64.9. The monoisotopic (exact) mass is 148 g/mol. The quantitative estimate of drug-likeness (QED) is 0.517. The van der Waals surface area contributed by atoms with Gasteiger partial charge < -0.3 is 0 Å². The molecule has 1 aliphatic heterocycles. The Labute approximate surface area is 59.8 Å². The van der Waals surface area contributed by atoms with E-state index in [-0.39, 0.29) is 0 Å². The third-order valence-electron chi connectivity index (χ3n) is 1.17. The van der Waals surface area contributed by atoms with Gasteiger partial charge >= 0.3 is 0 Å². The minimum absolute atomic E-state index is 0.892. The van der Waals surface area contributed by atoms with E-state index in [1.165, 1.54) is 11.5 Å². The Morgan fingerprint density at radius 1 is 1.12 bits per heavy atom. The minimum atomic E-state index is 0.892. The Kier molecular flexibility index (Phi) is 2.57. The van der Waals surface area contributed by atoms with E-state index in [0.29, 0.717) is 0 Å². The molecule has 0 aromatic heterocycles. The maximum absolute atomic E-state index is 2.31. The fourth-order valence-corrected chi connectivity index (χ4v) is 3.67. The van der Waals surface area contributed by atoms with Crippen LogP contribution in [0.5, 0.6) is 0 Å². The summed E-state index contributed by atoms with van der Waals surface area (Å²) in [5.41, 5.74) is 0. The van der Waals surface area contributed by atoms with Crippen molar-refractivity contribution in [2.45, 2.75) is 24.3 Å². The summed E-state index contributed by atoms with van der Waals surface area (Å²) in [7, 11) is 0. The van der Waals surface area contributed by atoms with E-state index in [1.54, 1.807) is 0 Å². The smallest absolute Gasteiger partial charge is 0.0112 e. The SMILES string of the molecule is CC1CSCC(C)S1.